The van der Waals surface area contributed by atoms with Gasteiger partial charge in [-0.2, -0.15) is 0 Å². The Bertz CT molecular complexity index is 3020. The first-order chi connectivity index (χ1) is 26.5. The Kier molecular flexibility index (Phi) is 6.80. The van der Waals surface area contributed by atoms with Gasteiger partial charge >= 0.3 is 0 Å². The molecule has 0 saturated carbocycles. The zero-order valence-corrected chi connectivity index (χ0v) is 30.9. The zero-order chi connectivity index (χ0) is 36.0. The highest BCUT2D eigenvalue weighted by Crippen LogP contribution is 2.51. The minimum absolute atomic E-state index is 0.0957. The van der Waals surface area contributed by atoms with Gasteiger partial charge in [0, 0.05) is 48.7 Å². The molecule has 256 valence electrons. The van der Waals surface area contributed by atoms with Crippen LogP contribution in [0.1, 0.15) is 25.0 Å². The van der Waals surface area contributed by atoms with Crippen LogP contribution < -0.4 is 4.90 Å². The van der Waals surface area contributed by atoms with E-state index < -0.39 is 0 Å². The van der Waals surface area contributed by atoms with Gasteiger partial charge in [-0.05, 0) is 94.0 Å². The first-order valence-electron chi connectivity index (χ1n) is 18.7. The molecule has 1 aliphatic carbocycles. The van der Waals surface area contributed by atoms with Crippen molar-refractivity contribution in [1.82, 2.24) is 4.57 Å². The third-order valence-corrected chi connectivity index (χ3v) is 12.8. The largest absolute Gasteiger partial charge is 0.310 e. The number of benzene rings is 8. The third kappa shape index (κ3) is 4.58. The SMILES string of the molecule is CC1(C)c2ccccc2-c2ccc(N(c3ccc(-c4ccccc4)cc3)c3ccc4sc5c(-n6c7ccccc7c7ccccc76)cccc5c4c3)cc21. The lowest BCUT2D eigenvalue weighted by Gasteiger charge is -2.28. The Morgan fingerprint density at radius 2 is 1.04 bits per heavy atom. The molecular formula is C51H36N2S. The molecule has 3 heteroatoms. The topological polar surface area (TPSA) is 8.17 Å². The molecule has 2 aromatic heterocycles. The first-order valence-corrected chi connectivity index (χ1v) is 19.5. The molecule has 0 fully saturated rings. The molecule has 0 atom stereocenters. The summed E-state index contributed by atoms with van der Waals surface area (Å²) in [5.41, 5.74) is 14.9. The smallest absolute Gasteiger partial charge is 0.0640 e. The number of para-hydroxylation sites is 2. The molecule has 10 aromatic rings. The predicted molar refractivity (Wildman–Crippen MR) is 231 cm³/mol. The molecule has 0 N–H and O–H groups in total. The number of fused-ring (bicyclic) bond motifs is 9. The van der Waals surface area contributed by atoms with Gasteiger partial charge in [0.25, 0.3) is 0 Å². The lowest BCUT2D eigenvalue weighted by Crippen LogP contribution is -2.16. The van der Waals surface area contributed by atoms with E-state index in [1.54, 1.807) is 0 Å². The van der Waals surface area contributed by atoms with Crippen molar-refractivity contribution in [2.45, 2.75) is 19.3 Å². The maximum atomic E-state index is 2.45. The van der Waals surface area contributed by atoms with E-state index in [1.807, 2.05) is 11.3 Å². The second kappa shape index (κ2) is 11.8. The van der Waals surface area contributed by atoms with E-state index >= 15 is 0 Å². The van der Waals surface area contributed by atoms with E-state index in [2.05, 4.69) is 205 Å². The number of rotatable bonds is 5. The van der Waals surface area contributed by atoms with Crippen LogP contribution in [0.4, 0.5) is 17.1 Å². The Morgan fingerprint density at radius 1 is 0.444 bits per heavy atom. The number of aromatic nitrogens is 1. The fourth-order valence-electron chi connectivity index (χ4n) is 8.98. The van der Waals surface area contributed by atoms with E-state index in [0.717, 1.165) is 17.1 Å². The van der Waals surface area contributed by atoms with Gasteiger partial charge in [0.2, 0.25) is 0 Å². The van der Waals surface area contributed by atoms with E-state index in [0.29, 0.717) is 0 Å². The van der Waals surface area contributed by atoms with Crippen molar-refractivity contribution in [3.8, 4) is 27.9 Å². The summed E-state index contributed by atoms with van der Waals surface area (Å²) < 4.78 is 5.03. The minimum Gasteiger partial charge on any atom is -0.310 e. The van der Waals surface area contributed by atoms with Gasteiger partial charge in [-0.25, -0.2) is 0 Å². The van der Waals surface area contributed by atoms with Gasteiger partial charge in [-0.1, -0.05) is 135 Å². The Morgan fingerprint density at radius 3 is 1.81 bits per heavy atom. The Balaban J connectivity index is 1.10. The number of hydrogen-bond donors (Lipinski definition) is 0. The summed E-state index contributed by atoms with van der Waals surface area (Å²) >= 11 is 1.88. The molecule has 0 amide bonds. The molecule has 2 heterocycles. The summed E-state index contributed by atoms with van der Waals surface area (Å²) in [6, 6.07) is 67.0. The van der Waals surface area contributed by atoms with Crippen LogP contribution in [0.2, 0.25) is 0 Å². The highest BCUT2D eigenvalue weighted by molar-refractivity contribution is 7.26. The van der Waals surface area contributed by atoms with Crippen LogP contribution in [0.5, 0.6) is 0 Å². The highest BCUT2D eigenvalue weighted by atomic mass is 32.1. The number of anilines is 3. The summed E-state index contributed by atoms with van der Waals surface area (Å²) in [5, 5.41) is 5.11. The summed E-state index contributed by atoms with van der Waals surface area (Å²) in [5.74, 6) is 0. The molecule has 54 heavy (non-hydrogen) atoms. The summed E-state index contributed by atoms with van der Waals surface area (Å²) in [6.45, 7) is 4.72. The van der Waals surface area contributed by atoms with Crippen molar-refractivity contribution >= 4 is 70.4 Å². The first kappa shape index (κ1) is 31.1. The monoisotopic (exact) mass is 708 g/mol. The minimum atomic E-state index is -0.0957. The van der Waals surface area contributed by atoms with Crippen LogP contribution in [-0.2, 0) is 5.41 Å². The second-order valence-electron chi connectivity index (χ2n) is 15.0. The molecular weight excluding hydrogens is 673 g/mol. The average molecular weight is 709 g/mol. The maximum absolute atomic E-state index is 2.45. The van der Waals surface area contributed by atoms with Crippen LogP contribution >= 0.6 is 11.3 Å². The van der Waals surface area contributed by atoms with Crippen molar-refractivity contribution in [3.63, 3.8) is 0 Å². The van der Waals surface area contributed by atoms with Crippen LogP contribution in [0.3, 0.4) is 0 Å². The molecule has 11 rings (SSSR count). The fraction of sp³-hybridized carbons (Fsp3) is 0.0588. The molecule has 0 unspecified atom stereocenters. The molecule has 0 radical (unpaired) electrons. The second-order valence-corrected chi connectivity index (χ2v) is 16.0. The molecule has 0 bridgehead atoms. The Hall–Kier alpha value is -6.42. The predicted octanol–water partition coefficient (Wildman–Crippen LogP) is 14.6. The van der Waals surface area contributed by atoms with E-state index in [-0.39, 0.29) is 5.41 Å². The number of nitrogens with zero attached hydrogens (tertiary/aromatic N) is 2. The molecule has 0 aliphatic heterocycles. The van der Waals surface area contributed by atoms with Crippen LogP contribution in [0, 0.1) is 0 Å². The maximum Gasteiger partial charge on any atom is 0.0640 e. The van der Waals surface area contributed by atoms with Crippen molar-refractivity contribution in [2.75, 3.05) is 4.90 Å². The normalized spacial score (nSPS) is 13.1. The quantitative estimate of drug-likeness (QED) is 0.173. The number of hydrogen-bond acceptors (Lipinski definition) is 2. The van der Waals surface area contributed by atoms with Gasteiger partial charge in [0.1, 0.15) is 0 Å². The van der Waals surface area contributed by atoms with Gasteiger partial charge in [-0.15, -0.1) is 11.3 Å². The summed E-state index contributed by atoms with van der Waals surface area (Å²) in [7, 11) is 0. The lowest BCUT2D eigenvalue weighted by atomic mass is 9.82. The van der Waals surface area contributed by atoms with Crippen molar-refractivity contribution < 1.29 is 0 Å². The fourth-order valence-corrected chi connectivity index (χ4v) is 10.2. The van der Waals surface area contributed by atoms with Gasteiger partial charge in [0.05, 0.1) is 21.4 Å². The molecule has 1 aliphatic rings. The average Bonchev–Trinajstić information content (AvgIpc) is 3.84. The lowest BCUT2D eigenvalue weighted by molar-refractivity contribution is 0.660. The van der Waals surface area contributed by atoms with Gasteiger partial charge in [-0.3, -0.25) is 0 Å². The van der Waals surface area contributed by atoms with E-state index in [9.17, 15) is 0 Å². The van der Waals surface area contributed by atoms with Crippen molar-refractivity contribution in [2.24, 2.45) is 0 Å². The zero-order valence-electron chi connectivity index (χ0n) is 30.1. The van der Waals surface area contributed by atoms with Crippen molar-refractivity contribution in [1.29, 1.82) is 0 Å². The molecule has 8 aromatic carbocycles. The van der Waals surface area contributed by atoms with Crippen LogP contribution in [0.15, 0.2) is 182 Å². The van der Waals surface area contributed by atoms with Crippen molar-refractivity contribution in [3.05, 3.63) is 193 Å². The molecule has 2 nitrogen and oxygen atoms in total. The standard InChI is InChI=1S/C51H36N2S/c1-51(2)44-19-9-6-15-38(44)39-29-27-37(32-45(39)51)52(35-25-23-34(24-26-35)33-13-4-3-5-14-33)36-28-30-49-43(31-36)42-18-12-22-48(50(42)54-49)53-46-20-10-7-16-40(46)41-17-8-11-21-47(41)53/h3-32H,1-2H3. The summed E-state index contributed by atoms with van der Waals surface area (Å²) in [4.78, 5) is 2.44. The Labute approximate surface area is 318 Å². The molecule has 0 saturated heterocycles. The summed E-state index contributed by atoms with van der Waals surface area (Å²) in [6.07, 6.45) is 0. The van der Waals surface area contributed by atoms with E-state index in [4.69, 9.17) is 0 Å². The molecule has 0 spiro atoms. The van der Waals surface area contributed by atoms with Gasteiger partial charge in [0.15, 0.2) is 0 Å². The highest BCUT2D eigenvalue weighted by Gasteiger charge is 2.35. The third-order valence-electron chi connectivity index (χ3n) is 11.6. The van der Waals surface area contributed by atoms with Gasteiger partial charge < -0.3 is 9.47 Å². The van der Waals surface area contributed by atoms with Crippen LogP contribution in [-0.4, -0.2) is 4.57 Å². The van der Waals surface area contributed by atoms with E-state index in [1.165, 1.54) is 81.0 Å². The number of thiophene rings is 1. The van der Waals surface area contributed by atoms with Crippen LogP contribution in [0.25, 0.3) is 69.9 Å².